The number of hydrogen-bond donors (Lipinski definition) is 2. The maximum absolute atomic E-state index is 12.7. The monoisotopic (exact) mass is 452 g/mol. The van der Waals surface area contributed by atoms with Crippen LogP contribution < -0.4 is 14.8 Å². The quantitative estimate of drug-likeness (QED) is 0.500. The molecule has 0 atom stereocenters. The maximum Gasteiger partial charge on any atom is 0.261 e. The fourth-order valence-electron chi connectivity index (χ4n) is 3.04. The van der Waals surface area contributed by atoms with E-state index in [0.717, 1.165) is 5.56 Å². The molecule has 0 spiro atoms. The van der Waals surface area contributed by atoms with E-state index >= 15 is 0 Å². The third-order valence-corrected chi connectivity index (χ3v) is 6.25. The summed E-state index contributed by atoms with van der Waals surface area (Å²) in [5.41, 5.74) is 2.63. The zero-order valence-electron chi connectivity index (χ0n) is 18.7. The summed E-state index contributed by atoms with van der Waals surface area (Å²) in [7, 11) is -3.76. The van der Waals surface area contributed by atoms with E-state index in [1.807, 2.05) is 19.1 Å². The minimum Gasteiger partial charge on any atom is -0.494 e. The molecular formula is C25H28N2O4S. The number of benzene rings is 3. The lowest BCUT2D eigenvalue weighted by atomic mass is 9.87. The average Bonchev–Trinajstić information content (AvgIpc) is 2.75. The van der Waals surface area contributed by atoms with Crippen LogP contribution in [0.1, 0.15) is 43.6 Å². The van der Waals surface area contributed by atoms with Gasteiger partial charge in [-0.1, -0.05) is 32.9 Å². The molecule has 0 unspecified atom stereocenters. The third kappa shape index (κ3) is 5.88. The molecule has 0 aliphatic carbocycles. The van der Waals surface area contributed by atoms with E-state index in [4.69, 9.17) is 4.74 Å². The predicted molar refractivity (Wildman–Crippen MR) is 128 cm³/mol. The van der Waals surface area contributed by atoms with Crippen LogP contribution in [0.2, 0.25) is 0 Å². The van der Waals surface area contributed by atoms with Gasteiger partial charge in [0.25, 0.3) is 15.9 Å². The first-order valence-electron chi connectivity index (χ1n) is 10.4. The van der Waals surface area contributed by atoms with Crippen LogP contribution >= 0.6 is 0 Å². The van der Waals surface area contributed by atoms with Gasteiger partial charge in [-0.3, -0.25) is 9.52 Å². The molecule has 7 heteroatoms. The first-order chi connectivity index (χ1) is 15.1. The maximum atomic E-state index is 12.7. The minimum absolute atomic E-state index is 0.00961. The van der Waals surface area contributed by atoms with Crippen molar-refractivity contribution in [2.24, 2.45) is 0 Å². The molecule has 0 bridgehead atoms. The van der Waals surface area contributed by atoms with Gasteiger partial charge in [0.1, 0.15) is 5.75 Å². The lowest BCUT2D eigenvalue weighted by Crippen LogP contribution is -2.15. The van der Waals surface area contributed by atoms with Crippen molar-refractivity contribution in [3.05, 3.63) is 83.9 Å². The van der Waals surface area contributed by atoms with Crippen molar-refractivity contribution in [3.8, 4) is 5.75 Å². The Balaban J connectivity index is 1.66. The highest BCUT2D eigenvalue weighted by Gasteiger charge is 2.16. The summed E-state index contributed by atoms with van der Waals surface area (Å²) in [6, 6.07) is 20.2. The second-order valence-electron chi connectivity index (χ2n) is 8.37. The molecule has 3 rings (SSSR count). The van der Waals surface area contributed by atoms with Gasteiger partial charge in [0.15, 0.2) is 0 Å². The van der Waals surface area contributed by atoms with E-state index in [0.29, 0.717) is 29.3 Å². The molecule has 3 aromatic rings. The molecule has 0 aliphatic rings. The molecule has 1 amide bonds. The van der Waals surface area contributed by atoms with Crippen LogP contribution in [0.25, 0.3) is 0 Å². The second kappa shape index (κ2) is 9.44. The highest BCUT2D eigenvalue weighted by atomic mass is 32.2. The van der Waals surface area contributed by atoms with Gasteiger partial charge in [0, 0.05) is 16.9 Å². The zero-order chi connectivity index (χ0) is 23.4. The molecule has 0 aromatic heterocycles. The molecule has 168 valence electrons. The largest absolute Gasteiger partial charge is 0.494 e. The van der Waals surface area contributed by atoms with Crippen LogP contribution in [0.15, 0.2) is 77.7 Å². The topological polar surface area (TPSA) is 84.5 Å². The van der Waals surface area contributed by atoms with Gasteiger partial charge in [-0.2, -0.15) is 0 Å². The van der Waals surface area contributed by atoms with Gasteiger partial charge in [0.05, 0.1) is 11.5 Å². The van der Waals surface area contributed by atoms with E-state index in [-0.39, 0.29) is 16.2 Å². The van der Waals surface area contributed by atoms with Gasteiger partial charge in [-0.25, -0.2) is 8.42 Å². The Morgan fingerprint density at radius 3 is 1.94 bits per heavy atom. The fourth-order valence-corrected chi connectivity index (χ4v) is 4.10. The number of amides is 1. The van der Waals surface area contributed by atoms with Crippen molar-refractivity contribution in [1.82, 2.24) is 0 Å². The lowest BCUT2D eigenvalue weighted by molar-refractivity contribution is 0.102. The summed E-state index contributed by atoms with van der Waals surface area (Å²) in [5, 5.41) is 2.79. The predicted octanol–water partition coefficient (Wildman–Crippen LogP) is 5.44. The zero-order valence-corrected chi connectivity index (χ0v) is 19.5. The van der Waals surface area contributed by atoms with Crippen LogP contribution in [0, 0.1) is 0 Å². The van der Waals surface area contributed by atoms with Crippen molar-refractivity contribution in [2.45, 2.75) is 38.0 Å². The highest BCUT2D eigenvalue weighted by molar-refractivity contribution is 7.92. The van der Waals surface area contributed by atoms with Crippen molar-refractivity contribution >= 4 is 27.3 Å². The summed E-state index contributed by atoms with van der Waals surface area (Å²) in [4.78, 5) is 12.6. The fraction of sp³-hybridized carbons (Fsp3) is 0.240. The summed E-state index contributed by atoms with van der Waals surface area (Å²) < 4.78 is 33.2. The number of sulfonamides is 1. The Morgan fingerprint density at radius 1 is 0.844 bits per heavy atom. The molecule has 0 aliphatic heterocycles. The second-order valence-corrected chi connectivity index (χ2v) is 10.1. The first kappa shape index (κ1) is 23.3. The number of carbonyl (C=O) groups excluding carboxylic acids is 1. The Bertz CT molecular complexity index is 1160. The molecule has 0 saturated heterocycles. The molecule has 0 fully saturated rings. The Kier molecular flexibility index (Phi) is 6.89. The van der Waals surface area contributed by atoms with E-state index < -0.39 is 10.0 Å². The Morgan fingerprint density at radius 2 is 1.41 bits per heavy atom. The number of rotatable bonds is 7. The average molecular weight is 453 g/mol. The molecule has 6 nitrogen and oxygen atoms in total. The van der Waals surface area contributed by atoms with Crippen molar-refractivity contribution < 1.29 is 17.9 Å². The Labute approximate surface area is 189 Å². The van der Waals surface area contributed by atoms with Gasteiger partial charge in [-0.05, 0) is 78.6 Å². The van der Waals surface area contributed by atoms with Crippen LogP contribution in [0.5, 0.6) is 5.75 Å². The number of nitrogens with one attached hydrogen (secondary N) is 2. The number of hydrogen-bond acceptors (Lipinski definition) is 4. The summed E-state index contributed by atoms with van der Waals surface area (Å²) in [6.45, 7) is 8.76. The lowest BCUT2D eigenvalue weighted by Gasteiger charge is -2.19. The molecular weight excluding hydrogens is 424 g/mol. The molecule has 0 heterocycles. The van der Waals surface area contributed by atoms with Crippen molar-refractivity contribution in [3.63, 3.8) is 0 Å². The van der Waals surface area contributed by atoms with Gasteiger partial charge >= 0.3 is 0 Å². The molecule has 2 N–H and O–H groups in total. The normalized spacial score (nSPS) is 11.6. The van der Waals surface area contributed by atoms with Gasteiger partial charge in [-0.15, -0.1) is 0 Å². The van der Waals surface area contributed by atoms with Gasteiger partial charge in [0.2, 0.25) is 0 Å². The molecule has 3 aromatic carbocycles. The Hall–Kier alpha value is -3.32. The highest BCUT2D eigenvalue weighted by Crippen LogP contribution is 2.23. The van der Waals surface area contributed by atoms with Crippen LogP contribution in [0.4, 0.5) is 11.4 Å². The van der Waals surface area contributed by atoms with Crippen molar-refractivity contribution in [1.29, 1.82) is 0 Å². The summed E-state index contributed by atoms with van der Waals surface area (Å²) in [5.74, 6) is 0.414. The number of carbonyl (C=O) groups is 1. The van der Waals surface area contributed by atoms with Gasteiger partial charge < -0.3 is 10.1 Å². The standard InChI is InChI=1S/C25H28N2O4S/c1-5-31-22-14-10-21(11-15-22)27-32(29,30)23-16-12-20(13-17-23)26-24(28)18-6-8-19(9-7-18)25(2,3)4/h6-17,27H,5H2,1-4H3,(H,26,28). The van der Waals surface area contributed by atoms with Crippen LogP contribution in [-0.4, -0.2) is 20.9 Å². The SMILES string of the molecule is CCOc1ccc(NS(=O)(=O)c2ccc(NC(=O)c3ccc(C(C)(C)C)cc3)cc2)cc1. The number of ether oxygens (including phenoxy) is 1. The number of anilines is 2. The van der Waals surface area contributed by atoms with E-state index in [1.165, 1.54) is 12.1 Å². The first-order valence-corrected chi connectivity index (χ1v) is 11.8. The molecule has 0 radical (unpaired) electrons. The van der Waals surface area contributed by atoms with E-state index in [9.17, 15) is 13.2 Å². The third-order valence-electron chi connectivity index (χ3n) is 4.85. The minimum atomic E-state index is -3.76. The molecule has 32 heavy (non-hydrogen) atoms. The van der Waals surface area contributed by atoms with Crippen LogP contribution in [0.3, 0.4) is 0 Å². The van der Waals surface area contributed by atoms with Crippen LogP contribution in [-0.2, 0) is 15.4 Å². The van der Waals surface area contributed by atoms with E-state index in [1.54, 1.807) is 48.5 Å². The molecule has 0 saturated carbocycles. The van der Waals surface area contributed by atoms with E-state index in [2.05, 4.69) is 30.8 Å². The smallest absolute Gasteiger partial charge is 0.261 e. The summed E-state index contributed by atoms with van der Waals surface area (Å²) >= 11 is 0. The van der Waals surface area contributed by atoms with Crippen molar-refractivity contribution in [2.75, 3.05) is 16.6 Å². The summed E-state index contributed by atoms with van der Waals surface area (Å²) in [6.07, 6.45) is 0.